The standard InChI is InChI=1S/C13H13F2N3O/c1-7-3-4-8(12(15)11(7)14)13(16)9-5-10(19-2)18-6-17-9/h3-6,13H,16H2,1-2H3. The Morgan fingerprint density at radius 1 is 1.21 bits per heavy atom. The third kappa shape index (κ3) is 2.53. The van der Waals surface area contributed by atoms with Crippen LogP contribution in [0.1, 0.15) is 22.9 Å². The summed E-state index contributed by atoms with van der Waals surface area (Å²) in [5.41, 5.74) is 6.54. The van der Waals surface area contributed by atoms with Crippen LogP contribution in [0.2, 0.25) is 0 Å². The number of halogens is 2. The number of benzene rings is 1. The van der Waals surface area contributed by atoms with Crippen LogP contribution < -0.4 is 10.5 Å². The van der Waals surface area contributed by atoms with Crippen LogP contribution in [-0.4, -0.2) is 17.1 Å². The molecule has 6 heteroatoms. The van der Waals surface area contributed by atoms with E-state index in [4.69, 9.17) is 10.5 Å². The molecule has 1 heterocycles. The zero-order valence-electron chi connectivity index (χ0n) is 10.5. The average Bonchev–Trinajstić information content (AvgIpc) is 2.44. The number of ether oxygens (including phenoxy) is 1. The first kappa shape index (κ1) is 13.4. The number of aromatic nitrogens is 2. The number of aryl methyl sites for hydroxylation is 1. The Morgan fingerprint density at radius 3 is 2.63 bits per heavy atom. The fourth-order valence-corrected chi connectivity index (χ4v) is 1.70. The Bertz CT molecular complexity index is 604. The maximum absolute atomic E-state index is 13.9. The molecule has 0 bridgehead atoms. The molecule has 0 saturated heterocycles. The first-order valence-electron chi connectivity index (χ1n) is 5.60. The Morgan fingerprint density at radius 2 is 1.95 bits per heavy atom. The van der Waals surface area contributed by atoms with Crippen molar-refractivity contribution < 1.29 is 13.5 Å². The highest BCUT2D eigenvalue weighted by molar-refractivity contribution is 5.33. The van der Waals surface area contributed by atoms with E-state index in [-0.39, 0.29) is 11.1 Å². The summed E-state index contributed by atoms with van der Waals surface area (Å²) >= 11 is 0. The monoisotopic (exact) mass is 265 g/mol. The van der Waals surface area contributed by atoms with Gasteiger partial charge in [-0.05, 0) is 12.5 Å². The Balaban J connectivity index is 2.44. The van der Waals surface area contributed by atoms with Crippen molar-refractivity contribution in [1.82, 2.24) is 9.97 Å². The summed E-state index contributed by atoms with van der Waals surface area (Å²) in [5.74, 6) is -1.53. The smallest absolute Gasteiger partial charge is 0.216 e. The average molecular weight is 265 g/mol. The van der Waals surface area contributed by atoms with Crippen molar-refractivity contribution >= 4 is 0 Å². The SMILES string of the molecule is COc1cc(C(N)c2ccc(C)c(F)c2F)ncn1. The molecule has 2 rings (SSSR count). The minimum atomic E-state index is -0.954. The molecule has 0 amide bonds. The van der Waals surface area contributed by atoms with Gasteiger partial charge in [-0.15, -0.1) is 0 Å². The second-order valence-corrected chi connectivity index (χ2v) is 4.06. The Labute approximate surface area is 109 Å². The van der Waals surface area contributed by atoms with Crippen molar-refractivity contribution in [3.05, 3.63) is 53.0 Å². The molecule has 100 valence electrons. The van der Waals surface area contributed by atoms with Crippen LogP contribution in [0.5, 0.6) is 5.88 Å². The molecular weight excluding hydrogens is 252 g/mol. The van der Waals surface area contributed by atoms with E-state index in [1.807, 2.05) is 0 Å². The lowest BCUT2D eigenvalue weighted by atomic mass is 10.0. The Hall–Kier alpha value is -2.08. The van der Waals surface area contributed by atoms with Gasteiger partial charge < -0.3 is 10.5 Å². The predicted octanol–water partition coefficient (Wildman–Crippen LogP) is 2.12. The number of methoxy groups -OCH3 is 1. The van der Waals surface area contributed by atoms with Crippen LogP contribution in [0, 0.1) is 18.6 Å². The molecule has 4 nitrogen and oxygen atoms in total. The first-order chi connectivity index (χ1) is 9.04. The van der Waals surface area contributed by atoms with Gasteiger partial charge in [0, 0.05) is 11.6 Å². The molecular formula is C13H13F2N3O. The molecule has 1 unspecified atom stereocenters. The van der Waals surface area contributed by atoms with E-state index >= 15 is 0 Å². The van der Waals surface area contributed by atoms with Crippen LogP contribution in [0.25, 0.3) is 0 Å². The number of hydrogen-bond acceptors (Lipinski definition) is 4. The summed E-state index contributed by atoms with van der Waals surface area (Å²) in [6.45, 7) is 1.49. The van der Waals surface area contributed by atoms with Gasteiger partial charge in [-0.25, -0.2) is 18.7 Å². The van der Waals surface area contributed by atoms with E-state index < -0.39 is 17.7 Å². The molecule has 0 aliphatic heterocycles. The molecule has 2 aromatic rings. The summed E-state index contributed by atoms with van der Waals surface area (Å²) < 4.78 is 32.3. The van der Waals surface area contributed by atoms with Gasteiger partial charge in [0.05, 0.1) is 18.8 Å². The highest BCUT2D eigenvalue weighted by Gasteiger charge is 2.19. The van der Waals surface area contributed by atoms with E-state index in [1.165, 1.54) is 38.6 Å². The van der Waals surface area contributed by atoms with E-state index in [0.717, 1.165) is 0 Å². The van der Waals surface area contributed by atoms with Crippen molar-refractivity contribution in [1.29, 1.82) is 0 Å². The fraction of sp³-hybridized carbons (Fsp3) is 0.231. The van der Waals surface area contributed by atoms with Gasteiger partial charge in [0.1, 0.15) is 6.33 Å². The number of rotatable bonds is 3. The van der Waals surface area contributed by atoms with Crippen molar-refractivity contribution in [3.8, 4) is 5.88 Å². The molecule has 1 aromatic carbocycles. The highest BCUT2D eigenvalue weighted by atomic mass is 19.2. The molecule has 0 aliphatic rings. The normalized spacial score (nSPS) is 12.3. The van der Waals surface area contributed by atoms with Gasteiger partial charge in [-0.1, -0.05) is 12.1 Å². The van der Waals surface area contributed by atoms with Gasteiger partial charge in [0.15, 0.2) is 11.6 Å². The van der Waals surface area contributed by atoms with Crippen LogP contribution in [0.15, 0.2) is 24.5 Å². The maximum atomic E-state index is 13.9. The van der Waals surface area contributed by atoms with Gasteiger partial charge in [0.2, 0.25) is 5.88 Å². The zero-order valence-corrected chi connectivity index (χ0v) is 10.5. The third-order valence-electron chi connectivity index (χ3n) is 2.83. The third-order valence-corrected chi connectivity index (χ3v) is 2.83. The fourth-order valence-electron chi connectivity index (χ4n) is 1.70. The molecule has 0 fully saturated rings. The van der Waals surface area contributed by atoms with E-state index in [0.29, 0.717) is 11.6 Å². The lowest BCUT2D eigenvalue weighted by Gasteiger charge is -2.14. The minimum absolute atomic E-state index is 0.0452. The predicted molar refractivity (Wildman–Crippen MR) is 65.7 cm³/mol. The van der Waals surface area contributed by atoms with Crippen LogP contribution >= 0.6 is 0 Å². The zero-order chi connectivity index (χ0) is 14.0. The molecule has 0 radical (unpaired) electrons. The molecule has 1 aromatic heterocycles. The van der Waals surface area contributed by atoms with Gasteiger partial charge in [-0.2, -0.15) is 0 Å². The summed E-state index contributed by atoms with van der Waals surface area (Å²) in [7, 11) is 1.45. The van der Waals surface area contributed by atoms with Crippen molar-refractivity contribution in [3.63, 3.8) is 0 Å². The van der Waals surface area contributed by atoms with E-state index in [1.54, 1.807) is 0 Å². The van der Waals surface area contributed by atoms with Crippen LogP contribution in [0.4, 0.5) is 8.78 Å². The van der Waals surface area contributed by atoms with Crippen molar-refractivity contribution in [2.45, 2.75) is 13.0 Å². The quantitative estimate of drug-likeness (QED) is 0.923. The number of nitrogens with zero attached hydrogens (tertiary/aromatic N) is 2. The molecule has 2 N–H and O–H groups in total. The largest absolute Gasteiger partial charge is 0.481 e. The lowest BCUT2D eigenvalue weighted by Crippen LogP contribution is -2.16. The van der Waals surface area contributed by atoms with Gasteiger partial charge in [-0.3, -0.25) is 0 Å². The molecule has 0 saturated carbocycles. The minimum Gasteiger partial charge on any atom is -0.481 e. The maximum Gasteiger partial charge on any atom is 0.216 e. The second-order valence-electron chi connectivity index (χ2n) is 4.06. The topological polar surface area (TPSA) is 61.0 Å². The molecule has 19 heavy (non-hydrogen) atoms. The first-order valence-corrected chi connectivity index (χ1v) is 5.60. The summed E-state index contributed by atoms with van der Waals surface area (Å²) in [4.78, 5) is 7.78. The van der Waals surface area contributed by atoms with Gasteiger partial charge >= 0.3 is 0 Å². The number of hydrogen-bond donors (Lipinski definition) is 1. The molecule has 0 aliphatic carbocycles. The second kappa shape index (κ2) is 5.27. The van der Waals surface area contributed by atoms with Crippen molar-refractivity contribution in [2.24, 2.45) is 5.73 Å². The summed E-state index contributed by atoms with van der Waals surface area (Å²) in [6, 6.07) is 3.54. The lowest BCUT2D eigenvalue weighted by molar-refractivity contribution is 0.395. The van der Waals surface area contributed by atoms with Crippen LogP contribution in [0.3, 0.4) is 0 Å². The highest BCUT2D eigenvalue weighted by Crippen LogP contribution is 2.25. The van der Waals surface area contributed by atoms with E-state index in [2.05, 4.69) is 9.97 Å². The van der Waals surface area contributed by atoms with E-state index in [9.17, 15) is 8.78 Å². The summed E-state index contributed by atoms with van der Waals surface area (Å²) in [5, 5.41) is 0. The summed E-state index contributed by atoms with van der Waals surface area (Å²) in [6.07, 6.45) is 1.26. The van der Waals surface area contributed by atoms with Crippen molar-refractivity contribution in [2.75, 3.05) is 7.11 Å². The van der Waals surface area contributed by atoms with Gasteiger partial charge in [0.25, 0.3) is 0 Å². The molecule has 1 atom stereocenters. The number of nitrogens with two attached hydrogens (primary N) is 1. The van der Waals surface area contributed by atoms with Crippen LogP contribution in [-0.2, 0) is 0 Å². The molecule has 0 spiro atoms. The Kier molecular flexibility index (Phi) is 3.71.